The van der Waals surface area contributed by atoms with Crippen molar-refractivity contribution in [3.63, 3.8) is 0 Å². The first-order valence-electron chi connectivity index (χ1n) is 4.22. The van der Waals surface area contributed by atoms with Crippen LogP contribution in [0.25, 0.3) is 0 Å². The Morgan fingerprint density at radius 3 is 2.41 bits per heavy atom. The van der Waals surface area contributed by atoms with Gasteiger partial charge in [-0.3, -0.25) is 0 Å². The Bertz CT molecular complexity index is 464. The monoisotopic (exact) mass is 252 g/mol. The van der Waals surface area contributed by atoms with Crippen molar-refractivity contribution in [1.82, 2.24) is 4.98 Å². The highest BCUT2D eigenvalue weighted by atomic mass is 19.4. The Labute approximate surface area is 92.1 Å². The molecule has 0 radical (unpaired) electrons. The third-order valence-electron chi connectivity index (χ3n) is 1.95. The average Bonchev–Trinajstić information content (AvgIpc) is 2.18. The van der Waals surface area contributed by atoms with Gasteiger partial charge in [-0.25, -0.2) is 13.8 Å². The fraction of sp³-hybridized carbons (Fsp3) is 0.333. The molecule has 0 atom stereocenters. The van der Waals surface area contributed by atoms with Gasteiger partial charge >= 0.3 is 6.18 Å². The van der Waals surface area contributed by atoms with Crippen LogP contribution in [0.5, 0.6) is 5.75 Å². The number of aromatic nitrogens is 1. The molecule has 92 valence electrons. The quantitative estimate of drug-likeness (QED) is 0.823. The summed E-state index contributed by atoms with van der Waals surface area (Å²) in [5.41, 5.74) is -3.97. The number of nitriles is 1. The lowest BCUT2D eigenvalue weighted by molar-refractivity contribution is -0.143. The number of hydrogen-bond acceptors (Lipinski definition) is 3. The zero-order chi connectivity index (χ0) is 13.2. The van der Waals surface area contributed by atoms with E-state index < -0.39 is 41.6 Å². The molecule has 0 aliphatic carbocycles. The van der Waals surface area contributed by atoms with E-state index in [1.54, 1.807) is 0 Å². The second kappa shape index (κ2) is 4.53. The van der Waals surface area contributed by atoms with Gasteiger partial charge in [0.15, 0.2) is 5.69 Å². The Morgan fingerprint density at radius 2 is 2.00 bits per heavy atom. The molecule has 0 unspecified atom stereocenters. The van der Waals surface area contributed by atoms with Crippen molar-refractivity contribution in [2.45, 2.75) is 19.0 Å². The van der Waals surface area contributed by atoms with E-state index in [2.05, 4.69) is 4.98 Å². The summed E-state index contributed by atoms with van der Waals surface area (Å²) in [4.78, 5) is 2.75. The van der Waals surface area contributed by atoms with Crippen molar-refractivity contribution in [3.8, 4) is 11.8 Å². The van der Waals surface area contributed by atoms with Crippen LogP contribution in [-0.4, -0.2) is 10.1 Å². The van der Waals surface area contributed by atoms with Gasteiger partial charge in [0.1, 0.15) is 5.75 Å². The van der Waals surface area contributed by atoms with Crippen molar-refractivity contribution in [3.05, 3.63) is 23.0 Å². The minimum absolute atomic E-state index is 0.404. The summed E-state index contributed by atoms with van der Waals surface area (Å²) < 4.78 is 62.3. The van der Waals surface area contributed by atoms with Crippen LogP contribution in [0, 0.1) is 11.3 Å². The molecule has 0 aliphatic rings. The molecule has 0 amide bonds. The van der Waals surface area contributed by atoms with E-state index in [-0.39, 0.29) is 0 Å². The first kappa shape index (κ1) is 13.2. The van der Waals surface area contributed by atoms with Crippen molar-refractivity contribution >= 4 is 0 Å². The summed E-state index contributed by atoms with van der Waals surface area (Å²) in [5.74, 6) is -0.852. The van der Waals surface area contributed by atoms with Crippen LogP contribution in [0.4, 0.5) is 22.0 Å². The summed E-state index contributed by atoms with van der Waals surface area (Å²) in [5, 5.41) is 17.5. The summed E-state index contributed by atoms with van der Waals surface area (Å²) in [6.07, 6.45) is -8.89. The van der Waals surface area contributed by atoms with E-state index in [1.165, 1.54) is 6.07 Å². The molecule has 1 rings (SSSR count). The predicted molar refractivity (Wildman–Crippen MR) is 45.2 cm³/mol. The van der Waals surface area contributed by atoms with Crippen molar-refractivity contribution in [1.29, 1.82) is 5.26 Å². The summed E-state index contributed by atoms with van der Waals surface area (Å²) >= 11 is 0. The van der Waals surface area contributed by atoms with Gasteiger partial charge in [0, 0.05) is 5.56 Å². The second-order valence-corrected chi connectivity index (χ2v) is 3.02. The van der Waals surface area contributed by atoms with Gasteiger partial charge in [0.2, 0.25) is 0 Å². The third kappa shape index (κ3) is 2.61. The maximum Gasteiger partial charge on any atom is 0.433 e. The van der Waals surface area contributed by atoms with Crippen LogP contribution >= 0.6 is 0 Å². The topological polar surface area (TPSA) is 56.9 Å². The van der Waals surface area contributed by atoms with Crippen LogP contribution in [0.2, 0.25) is 0 Å². The molecule has 1 aromatic rings. The molecule has 0 spiro atoms. The highest BCUT2D eigenvalue weighted by molar-refractivity contribution is 5.43. The predicted octanol–water partition coefficient (Wildman–Crippen LogP) is 2.81. The molecule has 3 nitrogen and oxygen atoms in total. The number of pyridine rings is 1. The number of halogens is 5. The van der Waals surface area contributed by atoms with E-state index in [0.29, 0.717) is 6.20 Å². The molecular weight excluding hydrogens is 247 g/mol. The lowest BCUT2D eigenvalue weighted by atomic mass is 10.0. The lowest BCUT2D eigenvalue weighted by Gasteiger charge is -2.14. The molecule has 1 aromatic heterocycles. The molecule has 0 fully saturated rings. The molecular formula is C9H5F5N2O. The van der Waals surface area contributed by atoms with Crippen LogP contribution in [-0.2, 0) is 12.6 Å². The largest absolute Gasteiger partial charge is 0.506 e. The van der Waals surface area contributed by atoms with Gasteiger partial charge < -0.3 is 5.11 Å². The van der Waals surface area contributed by atoms with Crippen LogP contribution in [0.1, 0.15) is 23.2 Å². The highest BCUT2D eigenvalue weighted by Crippen LogP contribution is 2.39. The zero-order valence-corrected chi connectivity index (χ0v) is 8.09. The maximum absolute atomic E-state index is 12.6. The van der Waals surface area contributed by atoms with E-state index in [4.69, 9.17) is 10.4 Å². The highest BCUT2D eigenvalue weighted by Gasteiger charge is 2.39. The molecule has 0 aromatic carbocycles. The van der Waals surface area contributed by atoms with Crippen molar-refractivity contribution < 1.29 is 27.1 Å². The molecule has 8 heteroatoms. The minimum Gasteiger partial charge on any atom is -0.506 e. The fourth-order valence-corrected chi connectivity index (χ4v) is 1.28. The normalized spacial score (nSPS) is 11.6. The SMILES string of the molecule is N#CCc1c(O)cnc(C(F)(F)F)c1C(F)F. The zero-order valence-electron chi connectivity index (χ0n) is 8.09. The third-order valence-corrected chi connectivity index (χ3v) is 1.95. The lowest BCUT2D eigenvalue weighted by Crippen LogP contribution is -2.14. The number of nitrogens with zero attached hydrogens (tertiary/aromatic N) is 2. The number of hydrogen-bond donors (Lipinski definition) is 1. The molecule has 17 heavy (non-hydrogen) atoms. The van der Waals surface area contributed by atoms with Crippen molar-refractivity contribution in [2.24, 2.45) is 0 Å². The minimum atomic E-state index is -5.07. The van der Waals surface area contributed by atoms with Crippen LogP contribution < -0.4 is 0 Å². The molecule has 1 N–H and O–H groups in total. The number of rotatable bonds is 2. The first-order valence-corrected chi connectivity index (χ1v) is 4.22. The van der Waals surface area contributed by atoms with E-state index in [9.17, 15) is 22.0 Å². The van der Waals surface area contributed by atoms with Gasteiger partial charge in [-0.15, -0.1) is 0 Å². The van der Waals surface area contributed by atoms with Crippen molar-refractivity contribution in [2.75, 3.05) is 0 Å². The van der Waals surface area contributed by atoms with E-state index in [0.717, 1.165) is 0 Å². The average molecular weight is 252 g/mol. The number of alkyl halides is 5. The molecule has 1 heterocycles. The second-order valence-electron chi connectivity index (χ2n) is 3.02. The standard InChI is InChI=1S/C9H5F5N2O/c10-8(11)6-4(1-2-15)5(17)3-16-7(6)9(12,13)14/h3,8,17H,1H2. The van der Waals surface area contributed by atoms with E-state index in [1.807, 2.05) is 0 Å². The summed E-state index contributed by atoms with van der Waals surface area (Å²) in [6, 6.07) is 1.41. The number of aromatic hydroxyl groups is 1. The van der Waals surface area contributed by atoms with Gasteiger partial charge in [0.25, 0.3) is 6.43 Å². The van der Waals surface area contributed by atoms with Crippen LogP contribution in [0.15, 0.2) is 6.20 Å². The Morgan fingerprint density at radius 1 is 1.41 bits per heavy atom. The Balaban J connectivity index is 3.54. The summed E-state index contributed by atoms with van der Waals surface area (Å²) in [7, 11) is 0. The molecule has 0 aliphatic heterocycles. The molecule has 0 saturated carbocycles. The van der Waals surface area contributed by atoms with Crippen LogP contribution in [0.3, 0.4) is 0 Å². The molecule has 0 saturated heterocycles. The Hall–Kier alpha value is -1.91. The van der Waals surface area contributed by atoms with E-state index >= 15 is 0 Å². The van der Waals surface area contributed by atoms with Gasteiger partial charge in [0.05, 0.1) is 24.3 Å². The fourth-order valence-electron chi connectivity index (χ4n) is 1.28. The van der Waals surface area contributed by atoms with Gasteiger partial charge in [-0.2, -0.15) is 18.4 Å². The van der Waals surface area contributed by atoms with Gasteiger partial charge in [-0.1, -0.05) is 0 Å². The smallest absolute Gasteiger partial charge is 0.433 e. The maximum atomic E-state index is 12.6. The van der Waals surface area contributed by atoms with Gasteiger partial charge in [-0.05, 0) is 0 Å². The Kier molecular flexibility index (Phi) is 3.50. The first-order chi connectivity index (χ1) is 7.79. The summed E-state index contributed by atoms with van der Waals surface area (Å²) in [6.45, 7) is 0. The molecule has 0 bridgehead atoms.